The molecule has 168 valence electrons. The van der Waals surface area contributed by atoms with E-state index in [1.54, 1.807) is 6.92 Å². The average molecular weight is 451 g/mol. The molecule has 1 unspecified atom stereocenters. The highest BCUT2D eigenvalue weighted by atomic mass is 32.1. The van der Waals surface area contributed by atoms with Gasteiger partial charge in [0.05, 0.1) is 11.4 Å². The molecular weight excluding hydrogens is 420 g/mol. The second-order valence-corrected chi connectivity index (χ2v) is 8.01. The standard InChI is InChI=1S/C25H30N4O2S/c1-17-8-6-7-11-20(17)14-28-24(30)18(2)31-25-23(27-15-21(26)16-32)13-12-22(29-25)19-9-4-3-5-10-19/h3-13,18,21,27,32H,14-16,26H2,1-2H3,(H,28,30)/t18-,21?/m1/s1. The zero-order valence-electron chi connectivity index (χ0n) is 18.4. The van der Waals surface area contributed by atoms with Crippen molar-refractivity contribution in [1.82, 2.24) is 10.3 Å². The van der Waals surface area contributed by atoms with Crippen LogP contribution in [0.3, 0.4) is 0 Å². The lowest BCUT2D eigenvalue weighted by Gasteiger charge is -2.19. The van der Waals surface area contributed by atoms with Crippen molar-refractivity contribution in [1.29, 1.82) is 0 Å². The first-order chi connectivity index (χ1) is 15.5. The smallest absolute Gasteiger partial charge is 0.261 e. The Labute approximate surface area is 195 Å². The van der Waals surface area contributed by atoms with Crippen LogP contribution in [0.1, 0.15) is 18.1 Å². The highest BCUT2D eigenvalue weighted by Gasteiger charge is 2.18. The van der Waals surface area contributed by atoms with Gasteiger partial charge in [-0.3, -0.25) is 4.79 Å². The Bertz CT molecular complexity index is 1030. The zero-order valence-corrected chi connectivity index (χ0v) is 19.3. The molecule has 0 saturated carbocycles. The van der Waals surface area contributed by atoms with Crippen molar-refractivity contribution in [3.63, 3.8) is 0 Å². The van der Waals surface area contributed by atoms with E-state index in [0.29, 0.717) is 30.4 Å². The number of hydrogen-bond donors (Lipinski definition) is 4. The van der Waals surface area contributed by atoms with Gasteiger partial charge >= 0.3 is 0 Å². The van der Waals surface area contributed by atoms with Gasteiger partial charge in [-0.2, -0.15) is 12.6 Å². The van der Waals surface area contributed by atoms with Crippen LogP contribution in [0.5, 0.6) is 5.88 Å². The molecular formula is C25H30N4O2S. The second kappa shape index (κ2) is 11.5. The molecule has 6 nitrogen and oxygen atoms in total. The van der Waals surface area contributed by atoms with Crippen LogP contribution in [0.15, 0.2) is 66.7 Å². The van der Waals surface area contributed by atoms with Crippen LogP contribution in [-0.4, -0.2) is 35.3 Å². The lowest BCUT2D eigenvalue weighted by Crippen LogP contribution is -2.36. The first kappa shape index (κ1) is 23.6. The van der Waals surface area contributed by atoms with Crippen molar-refractivity contribution < 1.29 is 9.53 Å². The van der Waals surface area contributed by atoms with Gasteiger partial charge in [-0.15, -0.1) is 0 Å². The van der Waals surface area contributed by atoms with Gasteiger partial charge in [-0.1, -0.05) is 54.6 Å². The zero-order chi connectivity index (χ0) is 22.9. The maximum atomic E-state index is 12.7. The number of carbonyl (C=O) groups excluding carboxylic acids is 1. The summed E-state index contributed by atoms with van der Waals surface area (Å²) in [6, 6.07) is 21.5. The summed E-state index contributed by atoms with van der Waals surface area (Å²) in [4.78, 5) is 17.4. The minimum atomic E-state index is -0.725. The highest BCUT2D eigenvalue weighted by Crippen LogP contribution is 2.28. The Kier molecular flexibility index (Phi) is 8.53. The van der Waals surface area contributed by atoms with Crippen molar-refractivity contribution in [2.45, 2.75) is 32.5 Å². The summed E-state index contributed by atoms with van der Waals surface area (Å²) in [6.07, 6.45) is -0.725. The van der Waals surface area contributed by atoms with Crippen molar-refractivity contribution >= 4 is 24.2 Å². The van der Waals surface area contributed by atoms with Crippen LogP contribution >= 0.6 is 12.6 Å². The number of nitrogens with zero attached hydrogens (tertiary/aromatic N) is 1. The number of carbonyl (C=O) groups is 1. The molecule has 0 radical (unpaired) electrons. The van der Waals surface area contributed by atoms with Crippen molar-refractivity contribution in [2.24, 2.45) is 5.73 Å². The number of thiol groups is 1. The molecule has 0 aliphatic rings. The van der Waals surface area contributed by atoms with E-state index in [4.69, 9.17) is 10.5 Å². The number of amides is 1. The first-order valence-corrected chi connectivity index (χ1v) is 11.3. The maximum Gasteiger partial charge on any atom is 0.261 e. The fourth-order valence-corrected chi connectivity index (χ4v) is 3.22. The van der Waals surface area contributed by atoms with E-state index in [2.05, 4.69) is 28.2 Å². The summed E-state index contributed by atoms with van der Waals surface area (Å²) in [5.74, 6) is 0.700. The number of aromatic nitrogens is 1. The fourth-order valence-electron chi connectivity index (χ4n) is 3.10. The molecule has 7 heteroatoms. The fraction of sp³-hybridized carbons (Fsp3) is 0.280. The van der Waals surface area contributed by atoms with Crippen LogP contribution < -0.4 is 21.1 Å². The van der Waals surface area contributed by atoms with E-state index in [1.807, 2.05) is 73.7 Å². The Balaban J connectivity index is 1.75. The number of anilines is 1. The van der Waals surface area contributed by atoms with Gasteiger partial charge in [0.1, 0.15) is 0 Å². The predicted molar refractivity (Wildman–Crippen MR) is 133 cm³/mol. The number of rotatable bonds is 10. The van der Waals surface area contributed by atoms with Gasteiger partial charge in [-0.25, -0.2) is 4.98 Å². The van der Waals surface area contributed by atoms with E-state index in [-0.39, 0.29) is 11.9 Å². The number of ether oxygens (including phenoxy) is 1. The summed E-state index contributed by atoms with van der Waals surface area (Å²) in [7, 11) is 0. The molecule has 32 heavy (non-hydrogen) atoms. The van der Waals surface area contributed by atoms with E-state index >= 15 is 0 Å². The molecule has 0 bridgehead atoms. The third kappa shape index (κ3) is 6.48. The van der Waals surface area contributed by atoms with Crippen molar-refractivity contribution in [3.05, 3.63) is 77.9 Å². The molecule has 3 aromatic rings. The third-order valence-electron chi connectivity index (χ3n) is 5.09. The number of benzene rings is 2. The molecule has 0 spiro atoms. The molecule has 4 N–H and O–H groups in total. The summed E-state index contributed by atoms with van der Waals surface area (Å²) in [5.41, 5.74) is 10.6. The van der Waals surface area contributed by atoms with Gasteiger partial charge in [0.2, 0.25) is 5.88 Å². The van der Waals surface area contributed by atoms with Crippen LogP contribution in [0.25, 0.3) is 11.3 Å². The molecule has 0 aliphatic heterocycles. The van der Waals surface area contributed by atoms with Crippen LogP contribution in [-0.2, 0) is 11.3 Å². The third-order valence-corrected chi connectivity index (χ3v) is 5.56. The SMILES string of the molecule is Cc1ccccc1CNC(=O)[C@@H](C)Oc1nc(-c2ccccc2)ccc1NCC(N)CS. The Morgan fingerprint density at radius 2 is 1.81 bits per heavy atom. The quantitative estimate of drug-likeness (QED) is 0.353. The Morgan fingerprint density at radius 3 is 2.53 bits per heavy atom. The lowest BCUT2D eigenvalue weighted by atomic mass is 10.1. The Morgan fingerprint density at radius 1 is 1.09 bits per heavy atom. The summed E-state index contributed by atoms with van der Waals surface area (Å²) >= 11 is 4.23. The summed E-state index contributed by atoms with van der Waals surface area (Å²) in [5, 5.41) is 6.20. The largest absolute Gasteiger partial charge is 0.463 e. The maximum absolute atomic E-state index is 12.7. The summed E-state index contributed by atoms with van der Waals surface area (Å²) in [6.45, 7) is 4.69. The van der Waals surface area contributed by atoms with Gasteiger partial charge in [0.25, 0.3) is 5.91 Å². The summed E-state index contributed by atoms with van der Waals surface area (Å²) < 4.78 is 6.01. The number of aryl methyl sites for hydroxylation is 1. The monoisotopic (exact) mass is 450 g/mol. The molecule has 1 amide bonds. The molecule has 1 heterocycles. The van der Waals surface area contributed by atoms with Crippen molar-refractivity contribution in [3.8, 4) is 17.1 Å². The van der Waals surface area contributed by atoms with Gasteiger partial charge in [-0.05, 0) is 37.1 Å². The number of pyridine rings is 1. The van der Waals surface area contributed by atoms with Gasteiger partial charge in [0, 0.05) is 30.4 Å². The lowest BCUT2D eigenvalue weighted by molar-refractivity contribution is -0.127. The number of nitrogens with two attached hydrogens (primary N) is 1. The van der Waals surface area contributed by atoms with E-state index in [0.717, 1.165) is 22.4 Å². The highest BCUT2D eigenvalue weighted by molar-refractivity contribution is 7.80. The molecule has 0 aliphatic carbocycles. The van der Waals surface area contributed by atoms with Crippen molar-refractivity contribution in [2.75, 3.05) is 17.6 Å². The normalized spacial score (nSPS) is 12.6. The molecule has 2 atom stereocenters. The van der Waals surface area contributed by atoms with Gasteiger partial charge < -0.3 is 21.1 Å². The Hall–Kier alpha value is -3.03. The van der Waals surface area contributed by atoms with E-state index in [9.17, 15) is 4.79 Å². The first-order valence-electron chi connectivity index (χ1n) is 10.6. The van der Waals surface area contributed by atoms with Gasteiger partial charge in [0.15, 0.2) is 6.10 Å². The number of nitrogens with one attached hydrogen (secondary N) is 2. The van der Waals surface area contributed by atoms with E-state index < -0.39 is 6.10 Å². The molecule has 3 rings (SSSR count). The minimum absolute atomic E-state index is 0.116. The van der Waals surface area contributed by atoms with E-state index in [1.165, 1.54) is 0 Å². The predicted octanol–water partition coefficient (Wildman–Crippen LogP) is 3.81. The topological polar surface area (TPSA) is 89.3 Å². The minimum Gasteiger partial charge on any atom is -0.463 e. The average Bonchev–Trinajstić information content (AvgIpc) is 2.82. The van der Waals surface area contributed by atoms with Crippen LogP contribution in [0.4, 0.5) is 5.69 Å². The molecule has 2 aromatic carbocycles. The number of hydrogen-bond acceptors (Lipinski definition) is 6. The molecule has 1 aromatic heterocycles. The second-order valence-electron chi connectivity index (χ2n) is 7.64. The van der Waals surface area contributed by atoms with Crippen LogP contribution in [0.2, 0.25) is 0 Å². The molecule has 0 fully saturated rings. The molecule has 0 saturated heterocycles. The van der Waals surface area contributed by atoms with Crippen LogP contribution in [0, 0.1) is 6.92 Å².